The Morgan fingerprint density at radius 3 is 2.73 bits per heavy atom. The molecule has 0 heterocycles. The first-order valence-corrected chi connectivity index (χ1v) is 5.70. The molecule has 2 heteroatoms. The maximum absolute atomic E-state index is 11.7. The van der Waals surface area contributed by atoms with E-state index in [-0.39, 0.29) is 5.78 Å². The van der Waals surface area contributed by atoms with E-state index in [1.54, 1.807) is 12.1 Å². The minimum atomic E-state index is 0.182. The molecular weight excluding hydrogens is 208 g/mol. The standard InChI is InChI=1S/C13H16ClO/c1-2-3-4-5-9-13(15)11-7-6-8-12(14)10-11/h6-8,10H,1-5,9H2. The van der Waals surface area contributed by atoms with E-state index in [0.717, 1.165) is 31.2 Å². The molecule has 81 valence electrons. The molecule has 1 nitrogen and oxygen atoms in total. The molecule has 0 aliphatic carbocycles. The van der Waals surface area contributed by atoms with Crippen molar-refractivity contribution in [3.05, 3.63) is 41.8 Å². The van der Waals surface area contributed by atoms with Crippen LogP contribution in [0.4, 0.5) is 0 Å². The number of rotatable bonds is 6. The maximum Gasteiger partial charge on any atom is 0.162 e. The minimum Gasteiger partial charge on any atom is -0.294 e. The Hall–Kier alpha value is -0.820. The second-order valence-electron chi connectivity index (χ2n) is 3.60. The summed E-state index contributed by atoms with van der Waals surface area (Å²) < 4.78 is 0. The molecule has 0 saturated heterocycles. The van der Waals surface area contributed by atoms with Crippen molar-refractivity contribution in [3.63, 3.8) is 0 Å². The van der Waals surface area contributed by atoms with Gasteiger partial charge >= 0.3 is 0 Å². The van der Waals surface area contributed by atoms with Crippen molar-refractivity contribution in [3.8, 4) is 0 Å². The summed E-state index contributed by atoms with van der Waals surface area (Å²) in [5.74, 6) is 0.182. The lowest BCUT2D eigenvalue weighted by molar-refractivity contribution is 0.0979. The van der Waals surface area contributed by atoms with E-state index in [1.165, 1.54) is 0 Å². The van der Waals surface area contributed by atoms with E-state index in [0.29, 0.717) is 11.4 Å². The van der Waals surface area contributed by atoms with E-state index < -0.39 is 0 Å². The second kappa shape index (κ2) is 6.62. The summed E-state index contributed by atoms with van der Waals surface area (Å²) in [4.78, 5) is 11.7. The third kappa shape index (κ3) is 4.48. The molecule has 1 aromatic carbocycles. The van der Waals surface area contributed by atoms with E-state index in [9.17, 15) is 4.79 Å². The summed E-state index contributed by atoms with van der Waals surface area (Å²) >= 11 is 5.81. The molecule has 0 atom stereocenters. The highest BCUT2D eigenvalue weighted by Crippen LogP contribution is 2.14. The minimum absolute atomic E-state index is 0.182. The number of carbonyl (C=O) groups excluding carboxylic acids is 1. The Morgan fingerprint density at radius 1 is 1.27 bits per heavy atom. The van der Waals surface area contributed by atoms with Gasteiger partial charge in [-0.25, -0.2) is 0 Å². The molecule has 0 unspecified atom stereocenters. The Morgan fingerprint density at radius 2 is 2.07 bits per heavy atom. The van der Waals surface area contributed by atoms with Gasteiger partial charge in [0, 0.05) is 17.0 Å². The van der Waals surface area contributed by atoms with Gasteiger partial charge in [-0.2, -0.15) is 0 Å². The zero-order chi connectivity index (χ0) is 11.1. The van der Waals surface area contributed by atoms with Gasteiger partial charge in [-0.15, -0.1) is 0 Å². The molecule has 1 radical (unpaired) electrons. The zero-order valence-corrected chi connectivity index (χ0v) is 9.59. The van der Waals surface area contributed by atoms with Gasteiger partial charge in [0.1, 0.15) is 0 Å². The average molecular weight is 224 g/mol. The van der Waals surface area contributed by atoms with Crippen LogP contribution >= 0.6 is 11.6 Å². The van der Waals surface area contributed by atoms with Crippen molar-refractivity contribution in [2.24, 2.45) is 0 Å². The van der Waals surface area contributed by atoms with Crippen molar-refractivity contribution in [2.45, 2.75) is 32.1 Å². The Labute approximate surface area is 96.5 Å². The van der Waals surface area contributed by atoms with Crippen molar-refractivity contribution in [1.29, 1.82) is 0 Å². The van der Waals surface area contributed by atoms with E-state index in [4.69, 9.17) is 11.6 Å². The van der Waals surface area contributed by atoms with Crippen LogP contribution in [0.2, 0.25) is 5.02 Å². The molecule has 0 spiro atoms. The Balaban J connectivity index is 2.40. The van der Waals surface area contributed by atoms with Gasteiger partial charge in [0.15, 0.2) is 5.78 Å². The lowest BCUT2D eigenvalue weighted by atomic mass is 10.0. The molecule has 0 aliphatic rings. The van der Waals surface area contributed by atoms with Crippen molar-refractivity contribution in [1.82, 2.24) is 0 Å². The zero-order valence-electron chi connectivity index (χ0n) is 8.84. The first-order chi connectivity index (χ1) is 7.24. The van der Waals surface area contributed by atoms with Crippen LogP contribution in [0, 0.1) is 6.92 Å². The van der Waals surface area contributed by atoms with Crippen LogP contribution in [0.1, 0.15) is 42.5 Å². The highest BCUT2D eigenvalue weighted by atomic mass is 35.5. The summed E-state index contributed by atoms with van der Waals surface area (Å²) in [5, 5.41) is 0.624. The molecule has 15 heavy (non-hydrogen) atoms. The molecule has 0 saturated carbocycles. The summed E-state index contributed by atoms with van der Waals surface area (Å²) in [6, 6.07) is 7.13. The number of ketones is 1. The SMILES string of the molecule is [CH2]CCCCCC(=O)c1cccc(Cl)c1. The first kappa shape index (κ1) is 12.3. The van der Waals surface area contributed by atoms with Gasteiger partial charge in [0.2, 0.25) is 0 Å². The molecule has 0 fully saturated rings. The summed E-state index contributed by atoms with van der Waals surface area (Å²) in [5.41, 5.74) is 0.720. The number of unbranched alkanes of at least 4 members (excludes halogenated alkanes) is 3. The summed E-state index contributed by atoms with van der Waals surface area (Å²) in [6.45, 7) is 3.77. The lowest BCUT2D eigenvalue weighted by Crippen LogP contribution is -1.98. The van der Waals surface area contributed by atoms with E-state index in [2.05, 4.69) is 6.92 Å². The van der Waals surface area contributed by atoms with Crippen LogP contribution in [0.3, 0.4) is 0 Å². The van der Waals surface area contributed by atoms with Gasteiger partial charge in [0.25, 0.3) is 0 Å². The quantitative estimate of drug-likeness (QED) is 0.519. The van der Waals surface area contributed by atoms with Crippen molar-refractivity contribution < 1.29 is 4.79 Å². The third-order valence-electron chi connectivity index (χ3n) is 2.30. The van der Waals surface area contributed by atoms with Crippen LogP contribution in [-0.4, -0.2) is 5.78 Å². The fourth-order valence-electron chi connectivity index (χ4n) is 1.45. The monoisotopic (exact) mass is 223 g/mol. The lowest BCUT2D eigenvalue weighted by Gasteiger charge is -2.01. The maximum atomic E-state index is 11.7. The third-order valence-corrected chi connectivity index (χ3v) is 2.54. The van der Waals surface area contributed by atoms with Crippen LogP contribution in [-0.2, 0) is 0 Å². The molecule has 1 rings (SSSR count). The van der Waals surface area contributed by atoms with Crippen LogP contribution < -0.4 is 0 Å². The second-order valence-corrected chi connectivity index (χ2v) is 4.03. The molecule has 0 amide bonds. The number of benzene rings is 1. The van der Waals surface area contributed by atoms with Crippen LogP contribution in [0.15, 0.2) is 24.3 Å². The fourth-order valence-corrected chi connectivity index (χ4v) is 1.64. The normalized spacial score (nSPS) is 10.3. The summed E-state index contributed by atoms with van der Waals surface area (Å²) in [6.07, 6.45) is 4.69. The van der Waals surface area contributed by atoms with E-state index >= 15 is 0 Å². The van der Waals surface area contributed by atoms with E-state index in [1.807, 2.05) is 12.1 Å². The smallest absolute Gasteiger partial charge is 0.162 e. The van der Waals surface area contributed by atoms with Crippen LogP contribution in [0.25, 0.3) is 0 Å². The van der Waals surface area contributed by atoms with Crippen molar-refractivity contribution >= 4 is 17.4 Å². The number of carbonyl (C=O) groups is 1. The van der Waals surface area contributed by atoms with Crippen molar-refractivity contribution in [2.75, 3.05) is 0 Å². The highest BCUT2D eigenvalue weighted by molar-refractivity contribution is 6.31. The predicted octanol–water partition coefficient (Wildman–Crippen LogP) is 4.31. The Kier molecular flexibility index (Phi) is 5.41. The number of hydrogen-bond acceptors (Lipinski definition) is 1. The molecule has 0 N–H and O–H groups in total. The topological polar surface area (TPSA) is 17.1 Å². The van der Waals surface area contributed by atoms with Gasteiger partial charge in [0.05, 0.1) is 0 Å². The van der Waals surface area contributed by atoms with Crippen LogP contribution in [0.5, 0.6) is 0 Å². The molecule has 0 aromatic heterocycles. The molecular formula is C13H16ClO. The largest absolute Gasteiger partial charge is 0.294 e. The molecule has 0 bridgehead atoms. The first-order valence-electron chi connectivity index (χ1n) is 5.32. The Bertz CT molecular complexity index is 320. The predicted molar refractivity (Wildman–Crippen MR) is 64.2 cm³/mol. The average Bonchev–Trinajstić information content (AvgIpc) is 2.24. The van der Waals surface area contributed by atoms with Gasteiger partial charge in [-0.05, 0) is 18.6 Å². The summed E-state index contributed by atoms with van der Waals surface area (Å²) in [7, 11) is 0. The van der Waals surface area contributed by atoms with Gasteiger partial charge in [-0.3, -0.25) is 4.79 Å². The van der Waals surface area contributed by atoms with Gasteiger partial charge < -0.3 is 0 Å². The molecule has 1 aromatic rings. The highest BCUT2D eigenvalue weighted by Gasteiger charge is 2.05. The number of halogens is 1. The number of Topliss-reactive ketones (excluding diaryl/α,β-unsaturated/α-hetero) is 1. The number of hydrogen-bond donors (Lipinski definition) is 0. The van der Waals surface area contributed by atoms with Gasteiger partial charge in [-0.1, -0.05) is 49.9 Å². The fraction of sp³-hybridized carbons (Fsp3) is 0.385. The molecule has 0 aliphatic heterocycles.